The van der Waals surface area contributed by atoms with Crippen LogP contribution in [0, 0.1) is 5.92 Å². The first-order valence-electron chi connectivity index (χ1n) is 6.63. The number of nitrogens with one attached hydrogen (secondary N) is 1. The molecule has 5 nitrogen and oxygen atoms in total. The summed E-state index contributed by atoms with van der Waals surface area (Å²) in [5, 5.41) is 6.67. The topological polar surface area (TPSA) is 81.0 Å². The van der Waals surface area contributed by atoms with Crippen molar-refractivity contribution in [3.63, 3.8) is 0 Å². The monoisotopic (exact) mass is 273 g/mol. The number of primary amides is 1. The normalized spacial score (nSPS) is 10.8. The molecule has 5 heteroatoms. The largest absolute Gasteiger partial charge is 0.493 e. The zero-order valence-corrected chi connectivity index (χ0v) is 11.7. The molecule has 0 unspecified atom stereocenters. The number of hydrogen-bond acceptors (Lipinski definition) is 3. The smallest absolute Gasteiger partial charge is 0.252 e. The molecule has 0 radical (unpaired) electrons. The van der Waals surface area contributed by atoms with E-state index < -0.39 is 5.91 Å². The number of H-pyrrole nitrogens is 1. The van der Waals surface area contributed by atoms with Gasteiger partial charge in [0, 0.05) is 11.8 Å². The number of aromatic amines is 1. The quantitative estimate of drug-likeness (QED) is 0.848. The first kappa shape index (κ1) is 14.1. The Morgan fingerprint density at radius 3 is 2.80 bits per heavy atom. The van der Waals surface area contributed by atoms with Crippen molar-refractivity contribution >= 4 is 5.91 Å². The van der Waals surface area contributed by atoms with Gasteiger partial charge in [0.15, 0.2) is 0 Å². The zero-order chi connectivity index (χ0) is 14.5. The van der Waals surface area contributed by atoms with Crippen molar-refractivity contribution in [3.8, 4) is 16.9 Å². The fraction of sp³-hybridized carbons (Fsp3) is 0.333. The third-order valence-electron chi connectivity index (χ3n) is 3.03. The average Bonchev–Trinajstić information content (AvgIpc) is 2.91. The molecule has 106 valence electrons. The van der Waals surface area contributed by atoms with Crippen LogP contribution in [0.4, 0.5) is 0 Å². The minimum atomic E-state index is -0.483. The van der Waals surface area contributed by atoms with Crippen molar-refractivity contribution < 1.29 is 9.53 Å². The van der Waals surface area contributed by atoms with Gasteiger partial charge >= 0.3 is 0 Å². The molecule has 1 aromatic heterocycles. The first-order valence-corrected chi connectivity index (χ1v) is 6.63. The van der Waals surface area contributed by atoms with Gasteiger partial charge in [0.1, 0.15) is 5.75 Å². The number of amides is 1. The molecule has 1 aromatic carbocycles. The Hall–Kier alpha value is -2.30. The molecule has 20 heavy (non-hydrogen) atoms. The molecule has 0 atom stereocenters. The minimum Gasteiger partial charge on any atom is -0.493 e. The van der Waals surface area contributed by atoms with Crippen molar-refractivity contribution in [1.82, 2.24) is 10.2 Å². The molecule has 0 saturated carbocycles. The zero-order valence-electron chi connectivity index (χ0n) is 11.7. The molecular formula is C15H19N3O2. The maximum absolute atomic E-state index is 11.4. The van der Waals surface area contributed by atoms with Gasteiger partial charge in [-0.3, -0.25) is 9.89 Å². The summed E-state index contributed by atoms with van der Waals surface area (Å²) >= 11 is 0. The Bertz CT molecular complexity index is 577. The van der Waals surface area contributed by atoms with E-state index >= 15 is 0 Å². The van der Waals surface area contributed by atoms with Crippen molar-refractivity contribution in [3.05, 3.63) is 36.2 Å². The van der Waals surface area contributed by atoms with Crippen LogP contribution in [0.25, 0.3) is 11.1 Å². The van der Waals surface area contributed by atoms with Crippen molar-refractivity contribution in [2.75, 3.05) is 6.61 Å². The Morgan fingerprint density at radius 2 is 2.20 bits per heavy atom. The summed E-state index contributed by atoms with van der Waals surface area (Å²) in [5.41, 5.74) is 7.65. The summed E-state index contributed by atoms with van der Waals surface area (Å²) in [5.74, 6) is 0.587. The second kappa shape index (κ2) is 6.23. The molecule has 0 spiro atoms. The van der Waals surface area contributed by atoms with Crippen molar-refractivity contribution in [1.29, 1.82) is 0 Å². The average molecular weight is 273 g/mol. The summed E-state index contributed by atoms with van der Waals surface area (Å²) in [6.07, 6.45) is 4.43. The van der Waals surface area contributed by atoms with E-state index in [-0.39, 0.29) is 0 Å². The highest BCUT2D eigenvalue weighted by atomic mass is 16.5. The summed E-state index contributed by atoms with van der Waals surface area (Å²) < 4.78 is 5.72. The number of carbonyl (C=O) groups excluding carboxylic acids is 1. The number of carbonyl (C=O) groups is 1. The van der Waals surface area contributed by atoms with Crippen LogP contribution in [-0.2, 0) is 0 Å². The maximum atomic E-state index is 11.4. The fourth-order valence-electron chi connectivity index (χ4n) is 1.84. The van der Waals surface area contributed by atoms with Gasteiger partial charge in [0.2, 0.25) is 0 Å². The van der Waals surface area contributed by atoms with E-state index in [0.717, 1.165) is 17.5 Å². The number of aromatic nitrogens is 2. The lowest BCUT2D eigenvalue weighted by molar-refractivity contribution is 0.0996. The van der Waals surface area contributed by atoms with Crippen LogP contribution in [0.5, 0.6) is 5.75 Å². The lowest BCUT2D eigenvalue weighted by Gasteiger charge is -2.12. The summed E-state index contributed by atoms with van der Waals surface area (Å²) in [4.78, 5) is 11.4. The van der Waals surface area contributed by atoms with E-state index in [4.69, 9.17) is 10.5 Å². The molecule has 0 bridgehead atoms. The predicted octanol–water partition coefficient (Wildman–Crippen LogP) is 2.60. The van der Waals surface area contributed by atoms with Crippen LogP contribution >= 0.6 is 0 Å². The summed E-state index contributed by atoms with van der Waals surface area (Å²) in [6, 6.07) is 5.35. The Labute approximate surface area is 118 Å². The number of rotatable bonds is 6. The van der Waals surface area contributed by atoms with Crippen molar-refractivity contribution in [2.45, 2.75) is 20.3 Å². The molecule has 3 N–H and O–H groups in total. The van der Waals surface area contributed by atoms with Crippen LogP contribution in [-0.4, -0.2) is 22.7 Å². The number of nitrogens with zero attached hydrogens (tertiary/aromatic N) is 1. The third-order valence-corrected chi connectivity index (χ3v) is 3.03. The Kier molecular flexibility index (Phi) is 4.40. The van der Waals surface area contributed by atoms with Crippen LogP contribution < -0.4 is 10.5 Å². The van der Waals surface area contributed by atoms with E-state index in [1.165, 1.54) is 0 Å². The van der Waals surface area contributed by atoms with E-state index in [1.807, 2.05) is 12.1 Å². The van der Waals surface area contributed by atoms with Crippen LogP contribution in [0.2, 0.25) is 0 Å². The number of nitrogens with two attached hydrogens (primary N) is 1. The second-order valence-corrected chi connectivity index (χ2v) is 5.09. The van der Waals surface area contributed by atoms with Gasteiger partial charge in [-0.15, -0.1) is 0 Å². The van der Waals surface area contributed by atoms with E-state index in [2.05, 4.69) is 24.0 Å². The van der Waals surface area contributed by atoms with Crippen molar-refractivity contribution in [2.24, 2.45) is 11.7 Å². The first-order chi connectivity index (χ1) is 9.58. The summed E-state index contributed by atoms with van der Waals surface area (Å²) in [6.45, 7) is 4.81. The fourth-order valence-corrected chi connectivity index (χ4v) is 1.84. The van der Waals surface area contributed by atoms with E-state index in [1.54, 1.807) is 18.5 Å². The number of ether oxygens (including phenoxy) is 1. The van der Waals surface area contributed by atoms with Crippen LogP contribution in [0.1, 0.15) is 30.6 Å². The highest BCUT2D eigenvalue weighted by molar-refractivity contribution is 5.96. The van der Waals surface area contributed by atoms with Gasteiger partial charge < -0.3 is 10.5 Å². The Balaban J connectivity index is 2.25. The third kappa shape index (κ3) is 3.38. The molecule has 2 rings (SSSR count). The molecule has 0 aliphatic rings. The molecule has 1 heterocycles. The molecular weight excluding hydrogens is 254 g/mol. The van der Waals surface area contributed by atoms with Gasteiger partial charge in [0.05, 0.1) is 18.4 Å². The molecule has 0 aliphatic heterocycles. The lowest BCUT2D eigenvalue weighted by atomic mass is 10.1. The van der Waals surface area contributed by atoms with Gasteiger partial charge in [-0.2, -0.15) is 5.10 Å². The number of hydrogen-bond donors (Lipinski definition) is 2. The molecule has 2 aromatic rings. The van der Waals surface area contributed by atoms with Gasteiger partial charge in [-0.1, -0.05) is 19.9 Å². The lowest BCUT2D eigenvalue weighted by Crippen LogP contribution is -2.13. The van der Waals surface area contributed by atoms with E-state index in [0.29, 0.717) is 23.8 Å². The molecule has 0 fully saturated rings. The molecule has 0 aliphatic carbocycles. The van der Waals surface area contributed by atoms with Gasteiger partial charge in [-0.25, -0.2) is 0 Å². The van der Waals surface area contributed by atoms with E-state index in [9.17, 15) is 4.79 Å². The second-order valence-electron chi connectivity index (χ2n) is 5.09. The number of benzene rings is 1. The standard InChI is InChI=1S/C15H19N3O2/c1-10(2)5-6-20-14-7-11(12-8-17-18-9-12)3-4-13(14)15(16)19/h3-4,7-10H,5-6H2,1-2H3,(H2,16,19)(H,17,18). The predicted molar refractivity (Wildman–Crippen MR) is 77.5 cm³/mol. The van der Waals surface area contributed by atoms with Gasteiger partial charge in [0.25, 0.3) is 5.91 Å². The maximum Gasteiger partial charge on any atom is 0.252 e. The highest BCUT2D eigenvalue weighted by Gasteiger charge is 2.12. The molecule has 0 saturated heterocycles. The minimum absolute atomic E-state index is 0.404. The van der Waals surface area contributed by atoms with Crippen LogP contribution in [0.15, 0.2) is 30.6 Å². The summed E-state index contributed by atoms with van der Waals surface area (Å²) in [7, 11) is 0. The SMILES string of the molecule is CC(C)CCOc1cc(-c2cn[nH]c2)ccc1C(N)=O. The highest BCUT2D eigenvalue weighted by Crippen LogP contribution is 2.27. The van der Waals surface area contributed by atoms with Crippen LogP contribution in [0.3, 0.4) is 0 Å². The molecule has 1 amide bonds. The van der Waals surface area contributed by atoms with Gasteiger partial charge in [-0.05, 0) is 30.0 Å². The Morgan fingerprint density at radius 1 is 1.40 bits per heavy atom.